The number of nitrogens with zero attached hydrogens (tertiary/aromatic N) is 4. The maximum atomic E-state index is 14.8. The van der Waals surface area contributed by atoms with Gasteiger partial charge in [0.2, 0.25) is 0 Å². The van der Waals surface area contributed by atoms with Gasteiger partial charge in [-0.15, -0.1) is 0 Å². The molecule has 1 fully saturated rings. The zero-order valence-electron chi connectivity index (χ0n) is 27.0. The van der Waals surface area contributed by atoms with Crippen LogP contribution < -0.4 is 14.5 Å². The second-order valence-corrected chi connectivity index (χ2v) is 12.9. The Balaban J connectivity index is 1.56. The van der Waals surface area contributed by atoms with Crippen molar-refractivity contribution in [2.45, 2.75) is 64.3 Å². The summed E-state index contributed by atoms with van der Waals surface area (Å²) < 4.78 is 39.1. The molecule has 10 nitrogen and oxygen atoms in total. The summed E-state index contributed by atoms with van der Waals surface area (Å²) in [6.07, 6.45) is 4.43. The van der Waals surface area contributed by atoms with Gasteiger partial charge in [-0.05, 0) is 95.5 Å². The number of halogens is 1. The van der Waals surface area contributed by atoms with Crippen LogP contribution in [0.5, 0.6) is 5.75 Å². The zero-order valence-corrected chi connectivity index (χ0v) is 27.0. The first-order chi connectivity index (χ1) is 21.9. The highest BCUT2D eigenvalue weighted by Crippen LogP contribution is 2.50. The number of benzene rings is 3. The molecular weight excluding hydrogens is 591 g/mol. The normalized spacial score (nSPS) is 20.2. The maximum absolute atomic E-state index is 14.8. The predicted octanol–water partition coefficient (Wildman–Crippen LogP) is 7.06. The summed E-state index contributed by atoms with van der Waals surface area (Å²) in [5.41, 5.74) is 1.61. The molecule has 2 aliphatic heterocycles. The molecule has 4 aromatic rings. The van der Waals surface area contributed by atoms with Crippen LogP contribution in [0.4, 0.5) is 27.1 Å². The molecule has 46 heavy (non-hydrogen) atoms. The second-order valence-electron chi connectivity index (χ2n) is 12.9. The third-order valence-corrected chi connectivity index (χ3v) is 8.34. The van der Waals surface area contributed by atoms with Gasteiger partial charge in [0, 0.05) is 36.5 Å². The molecule has 3 aromatic carbocycles. The minimum Gasteiger partial charge on any atom is -0.494 e. The Morgan fingerprint density at radius 3 is 2.43 bits per heavy atom. The van der Waals surface area contributed by atoms with Gasteiger partial charge in [0.25, 0.3) is 5.91 Å². The standard InChI is InChI=1S/C35H39FN4O6/c1-34(2,3)46-32(41)22-10-12-24(13-11-22)38-28-19-27-23(20-37-40(27)31-9-7-8-16-45-31)17-29(28)39(35(4,21-43-5)33(38)42)25-14-15-26(36)30(18-25)44-6/h10-15,17-20,31H,7-9,16,21H2,1-6H3/t31?,35-/m0/s1. The van der Waals surface area contributed by atoms with Gasteiger partial charge < -0.3 is 23.8 Å². The summed E-state index contributed by atoms with van der Waals surface area (Å²) in [4.78, 5) is 31.1. The number of carbonyl (C=O) groups excluding carboxylic acids is 2. The first-order valence-electron chi connectivity index (χ1n) is 15.4. The number of amides is 1. The van der Waals surface area contributed by atoms with E-state index in [9.17, 15) is 14.0 Å². The fourth-order valence-electron chi connectivity index (χ4n) is 6.25. The highest BCUT2D eigenvalue weighted by molar-refractivity contribution is 6.16. The number of carbonyl (C=O) groups is 2. The molecule has 1 amide bonds. The molecule has 1 saturated heterocycles. The lowest BCUT2D eigenvalue weighted by atomic mass is 9.91. The van der Waals surface area contributed by atoms with E-state index in [4.69, 9.17) is 24.0 Å². The van der Waals surface area contributed by atoms with Crippen molar-refractivity contribution in [1.82, 2.24) is 9.78 Å². The predicted molar refractivity (Wildman–Crippen MR) is 173 cm³/mol. The number of fused-ring (bicyclic) bond motifs is 2. The fraction of sp³-hybridized carbons (Fsp3) is 0.400. The third kappa shape index (κ3) is 5.58. The van der Waals surface area contributed by atoms with E-state index in [-0.39, 0.29) is 24.5 Å². The number of rotatable bonds is 7. The Kier molecular flexibility index (Phi) is 8.24. The number of hydrogen-bond acceptors (Lipinski definition) is 8. The van der Waals surface area contributed by atoms with Gasteiger partial charge in [-0.2, -0.15) is 5.10 Å². The molecule has 242 valence electrons. The van der Waals surface area contributed by atoms with Crippen LogP contribution in [0.3, 0.4) is 0 Å². The van der Waals surface area contributed by atoms with Gasteiger partial charge in [-0.3, -0.25) is 9.69 Å². The molecule has 6 rings (SSSR count). The molecular formula is C35H39FN4O6. The van der Waals surface area contributed by atoms with Crippen molar-refractivity contribution in [2.24, 2.45) is 0 Å². The van der Waals surface area contributed by atoms with Crippen LogP contribution in [0.25, 0.3) is 10.9 Å². The third-order valence-electron chi connectivity index (χ3n) is 8.34. The quantitative estimate of drug-likeness (QED) is 0.200. The second kappa shape index (κ2) is 12.0. The Bertz CT molecular complexity index is 1780. The summed E-state index contributed by atoms with van der Waals surface area (Å²) in [6.45, 7) is 7.90. The van der Waals surface area contributed by atoms with Crippen molar-refractivity contribution in [3.63, 3.8) is 0 Å². The lowest BCUT2D eigenvalue weighted by Crippen LogP contribution is -2.61. The molecule has 0 aliphatic carbocycles. The molecule has 0 bridgehead atoms. The van der Waals surface area contributed by atoms with Gasteiger partial charge in [0.05, 0.1) is 42.4 Å². The first kappa shape index (κ1) is 31.5. The topological polar surface area (TPSA) is 95.4 Å². The van der Waals surface area contributed by atoms with E-state index >= 15 is 0 Å². The summed E-state index contributed by atoms with van der Waals surface area (Å²) >= 11 is 0. The lowest BCUT2D eigenvalue weighted by Gasteiger charge is -2.49. The first-order valence-corrected chi connectivity index (χ1v) is 15.4. The summed E-state index contributed by atoms with van der Waals surface area (Å²) in [7, 11) is 2.94. The van der Waals surface area contributed by atoms with E-state index in [2.05, 4.69) is 0 Å². The van der Waals surface area contributed by atoms with Crippen LogP contribution >= 0.6 is 0 Å². The molecule has 1 unspecified atom stereocenters. The van der Waals surface area contributed by atoms with Crippen molar-refractivity contribution in [3.05, 3.63) is 72.2 Å². The van der Waals surface area contributed by atoms with Crippen LogP contribution in [0.2, 0.25) is 0 Å². The van der Waals surface area contributed by atoms with Gasteiger partial charge in [0.15, 0.2) is 17.8 Å². The van der Waals surface area contributed by atoms with Gasteiger partial charge in [0.1, 0.15) is 11.1 Å². The van der Waals surface area contributed by atoms with E-state index in [1.165, 1.54) is 20.3 Å². The largest absolute Gasteiger partial charge is 0.494 e. The minimum atomic E-state index is -1.27. The van der Waals surface area contributed by atoms with Crippen LogP contribution in [-0.4, -0.2) is 60.2 Å². The average Bonchev–Trinajstić information content (AvgIpc) is 3.44. The van der Waals surface area contributed by atoms with E-state index in [1.807, 2.05) is 42.5 Å². The minimum absolute atomic E-state index is 0.0185. The van der Waals surface area contributed by atoms with E-state index < -0.39 is 22.9 Å². The van der Waals surface area contributed by atoms with E-state index in [0.29, 0.717) is 34.9 Å². The molecule has 0 radical (unpaired) electrons. The lowest BCUT2D eigenvalue weighted by molar-refractivity contribution is -0.124. The van der Waals surface area contributed by atoms with Crippen molar-refractivity contribution in [1.29, 1.82) is 0 Å². The van der Waals surface area contributed by atoms with Gasteiger partial charge in [-0.25, -0.2) is 13.9 Å². The summed E-state index contributed by atoms with van der Waals surface area (Å²) in [5, 5.41) is 5.55. The Labute approximate surface area is 267 Å². The summed E-state index contributed by atoms with van der Waals surface area (Å²) in [5.74, 6) is -1.20. The maximum Gasteiger partial charge on any atom is 0.338 e. The van der Waals surface area contributed by atoms with Crippen molar-refractivity contribution < 1.29 is 32.9 Å². The molecule has 2 atom stereocenters. The molecule has 0 saturated carbocycles. The Morgan fingerprint density at radius 2 is 1.78 bits per heavy atom. The summed E-state index contributed by atoms with van der Waals surface area (Å²) in [6, 6.07) is 15.2. The van der Waals surface area contributed by atoms with Gasteiger partial charge in [-0.1, -0.05) is 0 Å². The van der Waals surface area contributed by atoms with Gasteiger partial charge >= 0.3 is 5.97 Å². The van der Waals surface area contributed by atoms with Crippen molar-refractivity contribution in [3.8, 4) is 5.75 Å². The molecule has 2 aliphatic rings. The van der Waals surface area contributed by atoms with Crippen LogP contribution in [0.15, 0.2) is 60.8 Å². The highest BCUT2D eigenvalue weighted by atomic mass is 19.1. The average molecular weight is 631 g/mol. The van der Waals surface area contributed by atoms with Crippen LogP contribution in [0.1, 0.15) is 63.5 Å². The number of methoxy groups -OCH3 is 2. The molecule has 11 heteroatoms. The van der Waals surface area contributed by atoms with Crippen molar-refractivity contribution in [2.75, 3.05) is 37.2 Å². The number of aromatic nitrogens is 2. The Hall–Kier alpha value is -4.48. The van der Waals surface area contributed by atoms with Crippen LogP contribution in [0, 0.1) is 5.82 Å². The SMILES string of the molecule is COC[C@@]1(C)C(=O)N(c2ccc(C(=O)OC(C)(C)C)cc2)c2cc3c(cnn3C3CCCCO3)cc2N1c1ccc(F)c(OC)c1. The monoisotopic (exact) mass is 630 g/mol. The zero-order chi connectivity index (χ0) is 32.8. The molecule has 0 spiro atoms. The Morgan fingerprint density at radius 1 is 1.04 bits per heavy atom. The molecule has 0 N–H and O–H groups in total. The van der Waals surface area contributed by atoms with Crippen molar-refractivity contribution >= 4 is 45.5 Å². The number of esters is 1. The number of anilines is 4. The number of ether oxygens (including phenoxy) is 4. The van der Waals surface area contributed by atoms with E-state index in [1.54, 1.807) is 54.4 Å². The smallest absolute Gasteiger partial charge is 0.338 e. The van der Waals surface area contributed by atoms with E-state index in [0.717, 1.165) is 30.2 Å². The number of hydrogen-bond donors (Lipinski definition) is 0. The fourth-order valence-corrected chi connectivity index (χ4v) is 6.25. The highest BCUT2D eigenvalue weighted by Gasteiger charge is 2.50. The molecule has 3 heterocycles. The van der Waals surface area contributed by atoms with Crippen LogP contribution in [-0.2, 0) is 19.0 Å². The molecule has 1 aromatic heterocycles.